The van der Waals surface area contributed by atoms with Crippen molar-refractivity contribution in [2.24, 2.45) is 0 Å². The van der Waals surface area contributed by atoms with Crippen LogP contribution in [-0.2, 0) is 4.74 Å². The van der Waals surface area contributed by atoms with Gasteiger partial charge in [0.2, 0.25) is 5.78 Å². The Morgan fingerprint density at radius 1 is 0.812 bits per heavy atom. The molecule has 0 N–H and O–H groups in total. The number of Topliss-reactive ketones (excluding diaryl/α,β-unsaturated/α-hetero) is 1. The van der Waals surface area contributed by atoms with Gasteiger partial charge in [0.25, 0.3) is 11.8 Å². The van der Waals surface area contributed by atoms with E-state index >= 15 is 0 Å². The normalized spacial score (nSPS) is 13.7. The molecule has 1 aliphatic rings. The number of ether oxygens (including phenoxy) is 1. The number of benzene rings is 3. The lowest BCUT2D eigenvalue weighted by molar-refractivity contribution is 0.0318. The van der Waals surface area contributed by atoms with Gasteiger partial charge in [0.05, 0.1) is 22.4 Å². The fourth-order valence-electron chi connectivity index (χ4n) is 3.35. The molecule has 0 bridgehead atoms. The Morgan fingerprint density at radius 3 is 2.19 bits per heavy atom. The number of carbonyl (C=O) groups excluding carboxylic acids is 4. The Hall–Kier alpha value is -3.48. The minimum Gasteiger partial charge on any atom is -0.451 e. The average Bonchev–Trinajstić information content (AvgIpc) is 3.03. The molecule has 0 saturated heterocycles. The van der Waals surface area contributed by atoms with Crippen molar-refractivity contribution in [3.63, 3.8) is 0 Å². The van der Waals surface area contributed by atoms with Crippen molar-refractivity contribution < 1.29 is 23.9 Å². The molecule has 0 radical (unpaired) electrons. The lowest BCUT2D eigenvalue weighted by atomic mass is 10.1. The topological polar surface area (TPSA) is 80.8 Å². The van der Waals surface area contributed by atoms with Gasteiger partial charge in [-0.2, -0.15) is 0 Å². The summed E-state index contributed by atoms with van der Waals surface area (Å²) in [6.07, 6.45) is -1.07. The predicted octanol–water partition coefficient (Wildman–Crippen LogP) is 5.22. The molecule has 4 rings (SSSR count). The van der Waals surface area contributed by atoms with E-state index in [1.54, 1.807) is 42.5 Å². The second-order valence-corrected chi connectivity index (χ2v) is 7.98. The molecule has 0 saturated carbocycles. The van der Waals surface area contributed by atoms with Crippen molar-refractivity contribution in [2.45, 2.75) is 13.0 Å². The van der Waals surface area contributed by atoms with Crippen LogP contribution < -0.4 is 4.90 Å². The number of hydrogen-bond acceptors (Lipinski definition) is 5. The minimum absolute atomic E-state index is 0.0496. The van der Waals surface area contributed by atoms with Crippen molar-refractivity contribution in [3.8, 4) is 0 Å². The van der Waals surface area contributed by atoms with Gasteiger partial charge in [-0.05, 0) is 61.5 Å². The zero-order valence-electron chi connectivity index (χ0n) is 16.7. The number of amides is 2. The molecule has 1 unspecified atom stereocenters. The summed E-state index contributed by atoms with van der Waals surface area (Å²) in [7, 11) is 0. The van der Waals surface area contributed by atoms with E-state index in [1.165, 1.54) is 31.2 Å². The van der Waals surface area contributed by atoms with E-state index in [2.05, 4.69) is 0 Å². The maximum Gasteiger partial charge on any atom is 0.338 e. The molecule has 3 aromatic rings. The molecule has 32 heavy (non-hydrogen) atoms. The van der Waals surface area contributed by atoms with Gasteiger partial charge in [0, 0.05) is 15.6 Å². The molecule has 8 heteroatoms. The van der Waals surface area contributed by atoms with E-state index in [4.69, 9.17) is 27.9 Å². The lowest BCUT2D eigenvalue weighted by Gasteiger charge is -2.13. The molecule has 1 heterocycles. The number of rotatable bonds is 5. The molecule has 1 aliphatic heterocycles. The van der Waals surface area contributed by atoms with Gasteiger partial charge >= 0.3 is 5.97 Å². The molecule has 2 amide bonds. The van der Waals surface area contributed by atoms with E-state index in [0.717, 1.165) is 4.90 Å². The Kier molecular flexibility index (Phi) is 5.82. The summed E-state index contributed by atoms with van der Waals surface area (Å²) in [5.41, 5.74) is 0.975. The molecule has 6 nitrogen and oxygen atoms in total. The van der Waals surface area contributed by atoms with Crippen molar-refractivity contribution in [2.75, 3.05) is 4.90 Å². The Balaban J connectivity index is 1.54. The van der Waals surface area contributed by atoms with Crippen LogP contribution in [0.2, 0.25) is 10.0 Å². The molecule has 1 atom stereocenters. The van der Waals surface area contributed by atoms with Crippen LogP contribution in [0.5, 0.6) is 0 Å². The summed E-state index contributed by atoms with van der Waals surface area (Å²) in [4.78, 5) is 51.7. The van der Waals surface area contributed by atoms with Crippen molar-refractivity contribution >= 4 is 52.5 Å². The first-order chi connectivity index (χ1) is 15.3. The smallest absolute Gasteiger partial charge is 0.338 e. The maximum absolute atomic E-state index is 12.9. The number of ketones is 1. The third-order valence-electron chi connectivity index (χ3n) is 4.97. The van der Waals surface area contributed by atoms with Gasteiger partial charge in [-0.25, -0.2) is 9.69 Å². The number of hydrogen-bond donors (Lipinski definition) is 0. The second kappa shape index (κ2) is 8.57. The fraction of sp³-hybridized carbons (Fsp3) is 0.0833. The molecule has 0 aliphatic carbocycles. The summed E-state index contributed by atoms with van der Waals surface area (Å²) in [6.45, 7) is 1.45. The van der Waals surface area contributed by atoms with Gasteiger partial charge in [-0.1, -0.05) is 35.3 Å². The third-order valence-corrected chi connectivity index (χ3v) is 5.46. The van der Waals surface area contributed by atoms with E-state index in [9.17, 15) is 19.2 Å². The second-order valence-electron chi connectivity index (χ2n) is 7.10. The van der Waals surface area contributed by atoms with Crippen LogP contribution >= 0.6 is 23.2 Å². The van der Waals surface area contributed by atoms with E-state index in [0.29, 0.717) is 21.3 Å². The summed E-state index contributed by atoms with van der Waals surface area (Å²) >= 11 is 11.8. The molecular formula is C24H15Cl2NO5. The van der Waals surface area contributed by atoms with E-state index in [1.807, 2.05) is 0 Å². The number of carbonyl (C=O) groups is 4. The van der Waals surface area contributed by atoms with Crippen LogP contribution in [0.1, 0.15) is 48.4 Å². The molecular weight excluding hydrogens is 453 g/mol. The first kappa shape index (κ1) is 21.7. The number of nitrogens with zero attached hydrogens (tertiary/aromatic N) is 1. The van der Waals surface area contributed by atoms with E-state index < -0.39 is 29.7 Å². The predicted molar refractivity (Wildman–Crippen MR) is 120 cm³/mol. The summed E-state index contributed by atoms with van der Waals surface area (Å²) < 4.78 is 5.28. The van der Waals surface area contributed by atoms with Crippen LogP contribution in [0.3, 0.4) is 0 Å². The zero-order valence-corrected chi connectivity index (χ0v) is 18.2. The summed E-state index contributed by atoms with van der Waals surface area (Å²) in [5.74, 6) is -2.27. The van der Waals surface area contributed by atoms with Crippen molar-refractivity contribution in [1.29, 1.82) is 0 Å². The van der Waals surface area contributed by atoms with Crippen LogP contribution in [0.25, 0.3) is 0 Å². The number of fused-ring (bicyclic) bond motifs is 1. The molecule has 0 aromatic heterocycles. The first-order valence-corrected chi connectivity index (χ1v) is 10.3. The molecule has 3 aromatic carbocycles. The molecule has 0 spiro atoms. The number of esters is 1. The number of halogens is 2. The largest absolute Gasteiger partial charge is 0.451 e. The highest BCUT2D eigenvalue weighted by molar-refractivity contribution is 6.35. The standard InChI is InChI=1S/C24H15Cl2NO5/c1-13(21(28)14-3-2-4-17(26)11-14)32-24(31)15-5-10-19-20(12-15)23(30)27(22(19)29)18-8-6-16(25)7-9-18/h2-13H,1H3. The lowest BCUT2D eigenvalue weighted by Crippen LogP contribution is -2.29. The first-order valence-electron chi connectivity index (χ1n) is 9.55. The zero-order chi connectivity index (χ0) is 23.0. The van der Waals surface area contributed by atoms with Crippen LogP contribution in [0.15, 0.2) is 66.7 Å². The van der Waals surface area contributed by atoms with Gasteiger partial charge in [-0.3, -0.25) is 14.4 Å². The van der Waals surface area contributed by atoms with Crippen molar-refractivity contribution in [3.05, 3.63) is 99.0 Å². The highest BCUT2D eigenvalue weighted by atomic mass is 35.5. The third kappa shape index (κ3) is 4.02. The summed E-state index contributed by atoms with van der Waals surface area (Å²) in [6, 6.07) is 16.6. The Morgan fingerprint density at radius 2 is 1.50 bits per heavy atom. The highest BCUT2D eigenvalue weighted by Crippen LogP contribution is 2.30. The number of anilines is 1. The van der Waals surface area contributed by atoms with Crippen LogP contribution in [0, 0.1) is 0 Å². The van der Waals surface area contributed by atoms with Gasteiger partial charge in [0.15, 0.2) is 6.10 Å². The minimum atomic E-state index is -1.07. The van der Waals surface area contributed by atoms with Crippen LogP contribution in [-0.4, -0.2) is 29.7 Å². The van der Waals surface area contributed by atoms with Gasteiger partial charge < -0.3 is 4.74 Å². The quantitative estimate of drug-likeness (QED) is 0.291. The van der Waals surface area contributed by atoms with Crippen molar-refractivity contribution in [1.82, 2.24) is 0 Å². The maximum atomic E-state index is 12.9. The Labute approximate surface area is 193 Å². The molecule has 0 fully saturated rings. The monoisotopic (exact) mass is 467 g/mol. The fourth-order valence-corrected chi connectivity index (χ4v) is 3.67. The average molecular weight is 468 g/mol. The molecule has 160 valence electrons. The van der Waals surface area contributed by atoms with Gasteiger partial charge in [-0.15, -0.1) is 0 Å². The summed E-state index contributed by atoms with van der Waals surface area (Å²) in [5, 5.41) is 0.859. The van der Waals surface area contributed by atoms with Crippen LogP contribution in [0.4, 0.5) is 5.69 Å². The van der Waals surface area contributed by atoms with E-state index in [-0.39, 0.29) is 16.7 Å². The highest BCUT2D eigenvalue weighted by Gasteiger charge is 2.37. The van der Waals surface area contributed by atoms with Gasteiger partial charge in [0.1, 0.15) is 0 Å². The SMILES string of the molecule is CC(OC(=O)c1ccc2c(c1)C(=O)N(c1ccc(Cl)cc1)C2=O)C(=O)c1cccc(Cl)c1. The number of imide groups is 1. The Bertz CT molecular complexity index is 1270.